The predicted octanol–water partition coefficient (Wildman–Crippen LogP) is 0.687. The molecule has 11 heteroatoms. The highest BCUT2D eigenvalue weighted by atomic mass is 32.2. The van der Waals surface area contributed by atoms with Crippen LogP contribution in [0, 0.1) is 17.1 Å². The van der Waals surface area contributed by atoms with Crippen molar-refractivity contribution in [1.29, 1.82) is 5.26 Å². The Hall–Kier alpha value is -3.00. The van der Waals surface area contributed by atoms with E-state index in [1.807, 2.05) is 6.07 Å². The van der Waals surface area contributed by atoms with Gasteiger partial charge in [0.1, 0.15) is 17.5 Å². The van der Waals surface area contributed by atoms with E-state index in [1.165, 1.54) is 12.3 Å². The molecule has 1 heterocycles. The standard InChI is InChI=1S/C11H10FN7O2S/c1-22(20,21)17-9-3-2-8(12)4-10(9)14-6-7(5-13)11-15-18-19-16-11/h2-4,6,14,17H,1H3,(H,15,16,18,19). The molecular formula is C11H10FN7O2S. The van der Waals surface area contributed by atoms with Gasteiger partial charge in [0.2, 0.25) is 15.8 Å². The number of allylic oxidation sites excluding steroid dienone is 1. The molecule has 2 rings (SSSR count). The number of halogens is 1. The van der Waals surface area contributed by atoms with Gasteiger partial charge in [0.15, 0.2) is 0 Å². The van der Waals surface area contributed by atoms with Crippen LogP contribution in [-0.2, 0) is 10.0 Å². The van der Waals surface area contributed by atoms with Crippen LogP contribution in [-0.4, -0.2) is 35.3 Å². The second-order valence-electron chi connectivity index (χ2n) is 4.11. The molecule has 0 saturated heterocycles. The van der Waals surface area contributed by atoms with Gasteiger partial charge in [-0.3, -0.25) is 4.72 Å². The number of nitriles is 1. The Bertz CT molecular complexity index is 840. The first-order valence-corrected chi connectivity index (χ1v) is 7.66. The SMILES string of the molecule is CS(=O)(=O)Nc1ccc(F)cc1NC=C(C#N)c1nn[nH]n1. The van der Waals surface area contributed by atoms with E-state index in [9.17, 15) is 12.8 Å². The van der Waals surface area contributed by atoms with Crippen LogP contribution in [0.5, 0.6) is 0 Å². The van der Waals surface area contributed by atoms with Crippen molar-refractivity contribution < 1.29 is 12.8 Å². The topological polar surface area (TPSA) is 136 Å². The normalized spacial score (nSPS) is 11.8. The van der Waals surface area contributed by atoms with Crippen LogP contribution in [0.15, 0.2) is 24.4 Å². The number of anilines is 2. The Morgan fingerprint density at radius 1 is 1.45 bits per heavy atom. The molecule has 0 aliphatic carbocycles. The number of sulfonamides is 1. The quantitative estimate of drug-likeness (QED) is 0.688. The van der Waals surface area contributed by atoms with E-state index < -0.39 is 15.8 Å². The van der Waals surface area contributed by atoms with Gasteiger partial charge in [0.25, 0.3) is 0 Å². The van der Waals surface area contributed by atoms with Crippen molar-refractivity contribution >= 4 is 27.0 Å². The summed E-state index contributed by atoms with van der Waals surface area (Å²) in [5.74, 6) is -0.531. The molecule has 0 aliphatic rings. The van der Waals surface area contributed by atoms with Gasteiger partial charge in [-0.2, -0.15) is 10.5 Å². The van der Waals surface area contributed by atoms with Crippen molar-refractivity contribution in [3.63, 3.8) is 0 Å². The zero-order valence-electron chi connectivity index (χ0n) is 11.2. The third-order valence-electron chi connectivity index (χ3n) is 2.36. The van der Waals surface area contributed by atoms with Gasteiger partial charge in [-0.15, -0.1) is 10.2 Å². The van der Waals surface area contributed by atoms with Gasteiger partial charge >= 0.3 is 0 Å². The molecular weight excluding hydrogens is 313 g/mol. The molecule has 1 aromatic heterocycles. The van der Waals surface area contributed by atoms with E-state index >= 15 is 0 Å². The number of aromatic amines is 1. The lowest BCUT2D eigenvalue weighted by Gasteiger charge is -2.10. The maximum absolute atomic E-state index is 13.3. The lowest BCUT2D eigenvalue weighted by Crippen LogP contribution is -2.11. The Morgan fingerprint density at radius 2 is 2.23 bits per heavy atom. The summed E-state index contributed by atoms with van der Waals surface area (Å²) in [6, 6.07) is 5.28. The van der Waals surface area contributed by atoms with Crippen LogP contribution in [0.25, 0.3) is 5.57 Å². The summed E-state index contributed by atoms with van der Waals surface area (Å²) >= 11 is 0. The molecule has 1 aromatic carbocycles. The van der Waals surface area contributed by atoms with Gasteiger partial charge in [0, 0.05) is 6.20 Å². The molecule has 0 atom stereocenters. The smallest absolute Gasteiger partial charge is 0.229 e. The molecule has 0 amide bonds. The van der Waals surface area contributed by atoms with E-state index in [0.29, 0.717) is 0 Å². The summed E-state index contributed by atoms with van der Waals surface area (Å²) in [5, 5.41) is 24.4. The van der Waals surface area contributed by atoms with Crippen molar-refractivity contribution in [2.24, 2.45) is 0 Å². The number of hydrogen-bond acceptors (Lipinski definition) is 7. The van der Waals surface area contributed by atoms with Gasteiger partial charge in [0.05, 0.1) is 17.6 Å². The second-order valence-corrected chi connectivity index (χ2v) is 5.86. The average molecular weight is 323 g/mol. The first-order valence-electron chi connectivity index (χ1n) is 5.77. The molecule has 0 unspecified atom stereocenters. The maximum Gasteiger partial charge on any atom is 0.229 e. The molecule has 2 aromatic rings. The first kappa shape index (κ1) is 15.4. The van der Waals surface area contributed by atoms with E-state index in [0.717, 1.165) is 18.4 Å². The third kappa shape index (κ3) is 4.00. The Morgan fingerprint density at radius 3 is 2.82 bits per heavy atom. The molecule has 9 nitrogen and oxygen atoms in total. The number of benzene rings is 1. The van der Waals surface area contributed by atoms with Crippen LogP contribution in [0.4, 0.5) is 15.8 Å². The summed E-state index contributed by atoms with van der Waals surface area (Å²) in [7, 11) is -3.54. The number of H-pyrrole nitrogens is 1. The minimum absolute atomic E-state index is 0.0308. The number of tetrazole rings is 1. The molecule has 0 spiro atoms. The number of rotatable bonds is 5. The fourth-order valence-electron chi connectivity index (χ4n) is 1.50. The predicted molar refractivity (Wildman–Crippen MR) is 76.3 cm³/mol. The Balaban J connectivity index is 2.32. The zero-order chi connectivity index (χ0) is 16.2. The molecule has 22 heavy (non-hydrogen) atoms. The minimum Gasteiger partial charge on any atom is -0.359 e. The molecule has 0 radical (unpaired) electrons. The van der Waals surface area contributed by atoms with Crippen molar-refractivity contribution in [3.8, 4) is 6.07 Å². The monoisotopic (exact) mass is 323 g/mol. The van der Waals surface area contributed by atoms with E-state index in [2.05, 4.69) is 30.7 Å². The number of nitrogens with one attached hydrogen (secondary N) is 3. The summed E-state index contributed by atoms with van der Waals surface area (Å²) in [4.78, 5) is 0. The largest absolute Gasteiger partial charge is 0.359 e. The number of aromatic nitrogens is 4. The Kier molecular flexibility index (Phi) is 4.33. The van der Waals surface area contributed by atoms with Crippen LogP contribution in [0.2, 0.25) is 0 Å². The average Bonchev–Trinajstić information content (AvgIpc) is 2.95. The fraction of sp³-hybridized carbons (Fsp3) is 0.0909. The number of nitrogens with zero attached hydrogens (tertiary/aromatic N) is 4. The van der Waals surface area contributed by atoms with Crippen LogP contribution >= 0.6 is 0 Å². The lowest BCUT2D eigenvalue weighted by atomic mass is 10.2. The van der Waals surface area contributed by atoms with E-state index in [4.69, 9.17) is 5.26 Å². The van der Waals surface area contributed by atoms with Gasteiger partial charge in [-0.1, -0.05) is 0 Å². The van der Waals surface area contributed by atoms with Crippen molar-refractivity contribution in [2.45, 2.75) is 0 Å². The highest BCUT2D eigenvalue weighted by molar-refractivity contribution is 7.92. The summed E-state index contributed by atoms with van der Waals surface area (Å²) in [6.45, 7) is 0. The second kappa shape index (κ2) is 6.19. The van der Waals surface area contributed by atoms with Crippen LogP contribution in [0.3, 0.4) is 0 Å². The summed E-state index contributed by atoms with van der Waals surface area (Å²) < 4.78 is 38.1. The highest BCUT2D eigenvalue weighted by Gasteiger charge is 2.10. The summed E-state index contributed by atoms with van der Waals surface area (Å²) in [6.07, 6.45) is 2.18. The van der Waals surface area contributed by atoms with E-state index in [1.54, 1.807) is 0 Å². The zero-order valence-corrected chi connectivity index (χ0v) is 12.0. The van der Waals surface area contributed by atoms with E-state index in [-0.39, 0.29) is 22.8 Å². The van der Waals surface area contributed by atoms with Crippen molar-refractivity contribution in [3.05, 3.63) is 36.0 Å². The number of hydrogen-bond donors (Lipinski definition) is 3. The van der Waals surface area contributed by atoms with Crippen LogP contribution in [0.1, 0.15) is 5.82 Å². The molecule has 3 N–H and O–H groups in total. The lowest BCUT2D eigenvalue weighted by molar-refractivity contribution is 0.606. The molecule has 0 bridgehead atoms. The molecule has 0 saturated carbocycles. The van der Waals surface area contributed by atoms with Gasteiger partial charge < -0.3 is 5.32 Å². The molecule has 0 aliphatic heterocycles. The fourth-order valence-corrected chi connectivity index (χ4v) is 2.07. The third-order valence-corrected chi connectivity index (χ3v) is 2.95. The maximum atomic E-state index is 13.3. The Labute approximate surface area is 124 Å². The first-order chi connectivity index (χ1) is 10.4. The van der Waals surface area contributed by atoms with Gasteiger partial charge in [-0.05, 0) is 23.4 Å². The molecule has 0 fully saturated rings. The van der Waals surface area contributed by atoms with Crippen LogP contribution < -0.4 is 10.0 Å². The highest BCUT2D eigenvalue weighted by Crippen LogP contribution is 2.24. The van der Waals surface area contributed by atoms with Crippen molar-refractivity contribution in [1.82, 2.24) is 20.6 Å². The minimum atomic E-state index is -3.54. The summed E-state index contributed by atoms with van der Waals surface area (Å²) in [5.41, 5.74) is 0.288. The molecule has 114 valence electrons. The van der Waals surface area contributed by atoms with Gasteiger partial charge in [-0.25, -0.2) is 12.8 Å². The van der Waals surface area contributed by atoms with Crippen molar-refractivity contribution in [2.75, 3.05) is 16.3 Å².